The highest BCUT2D eigenvalue weighted by atomic mass is 35.5. The summed E-state index contributed by atoms with van der Waals surface area (Å²) < 4.78 is 11.2. The fourth-order valence-electron chi connectivity index (χ4n) is 2.13. The van der Waals surface area contributed by atoms with Gasteiger partial charge in [-0.2, -0.15) is 0 Å². The Balaban J connectivity index is 1.83. The van der Waals surface area contributed by atoms with Crippen LogP contribution in [0.3, 0.4) is 0 Å². The molecule has 0 aliphatic carbocycles. The van der Waals surface area contributed by atoms with Crippen LogP contribution in [0.1, 0.15) is 26.2 Å². The summed E-state index contributed by atoms with van der Waals surface area (Å²) in [5.41, 5.74) is 0. The first-order chi connectivity index (χ1) is 9.69. The molecule has 0 aromatic heterocycles. The quantitative estimate of drug-likeness (QED) is 0.878. The average molecular weight is 298 g/mol. The van der Waals surface area contributed by atoms with Crippen molar-refractivity contribution in [1.82, 2.24) is 5.32 Å². The van der Waals surface area contributed by atoms with Crippen molar-refractivity contribution in [2.24, 2.45) is 0 Å². The number of carbonyl (C=O) groups is 1. The van der Waals surface area contributed by atoms with Gasteiger partial charge in [-0.25, -0.2) is 0 Å². The van der Waals surface area contributed by atoms with Crippen LogP contribution in [0.5, 0.6) is 5.75 Å². The molecule has 0 radical (unpaired) electrons. The molecule has 2 atom stereocenters. The third-order valence-corrected chi connectivity index (χ3v) is 3.54. The van der Waals surface area contributed by atoms with Crippen molar-refractivity contribution < 1.29 is 14.3 Å². The number of hydrogen-bond donors (Lipinski definition) is 1. The monoisotopic (exact) mass is 297 g/mol. The number of hydrogen-bond acceptors (Lipinski definition) is 3. The van der Waals surface area contributed by atoms with Crippen molar-refractivity contribution >= 4 is 17.5 Å². The van der Waals surface area contributed by atoms with E-state index in [1.165, 1.54) is 0 Å². The van der Waals surface area contributed by atoms with E-state index in [-0.39, 0.29) is 12.0 Å². The lowest BCUT2D eigenvalue weighted by Gasteiger charge is -2.18. The van der Waals surface area contributed by atoms with Crippen molar-refractivity contribution in [3.8, 4) is 5.75 Å². The normalized spacial score (nSPS) is 19.6. The van der Waals surface area contributed by atoms with Gasteiger partial charge in [0.05, 0.1) is 6.10 Å². The van der Waals surface area contributed by atoms with Gasteiger partial charge in [-0.3, -0.25) is 4.79 Å². The van der Waals surface area contributed by atoms with Crippen LogP contribution in [0.15, 0.2) is 24.3 Å². The molecule has 2 rings (SSSR count). The van der Waals surface area contributed by atoms with E-state index in [2.05, 4.69) is 5.32 Å². The van der Waals surface area contributed by atoms with Crippen LogP contribution in [0.2, 0.25) is 5.02 Å². The fourth-order valence-corrected chi connectivity index (χ4v) is 2.26. The van der Waals surface area contributed by atoms with Gasteiger partial charge in [-0.05, 0) is 43.5 Å². The smallest absolute Gasteiger partial charge is 0.261 e. The topological polar surface area (TPSA) is 47.6 Å². The van der Waals surface area contributed by atoms with Gasteiger partial charge in [0, 0.05) is 18.2 Å². The number of carbonyl (C=O) groups excluding carboxylic acids is 1. The second kappa shape index (κ2) is 7.50. The molecule has 1 amide bonds. The molecule has 0 spiro atoms. The minimum Gasteiger partial charge on any atom is -0.481 e. The highest BCUT2D eigenvalue weighted by molar-refractivity contribution is 6.30. The molecule has 1 aliphatic rings. The largest absolute Gasteiger partial charge is 0.481 e. The summed E-state index contributed by atoms with van der Waals surface area (Å²) in [6.45, 7) is 3.27. The molecule has 20 heavy (non-hydrogen) atoms. The lowest BCUT2D eigenvalue weighted by molar-refractivity contribution is -0.128. The van der Waals surface area contributed by atoms with E-state index in [1.54, 1.807) is 24.3 Å². The molecule has 5 heteroatoms. The zero-order valence-corrected chi connectivity index (χ0v) is 12.4. The summed E-state index contributed by atoms with van der Waals surface area (Å²) in [6, 6.07) is 7.01. The minimum absolute atomic E-state index is 0.0991. The summed E-state index contributed by atoms with van der Waals surface area (Å²) >= 11 is 5.82. The molecule has 4 nitrogen and oxygen atoms in total. The lowest BCUT2D eigenvalue weighted by atomic mass is 10.2. The second-order valence-corrected chi connectivity index (χ2v) is 5.29. The maximum atomic E-state index is 12.1. The van der Waals surface area contributed by atoms with Gasteiger partial charge in [0.2, 0.25) is 0 Å². The molecule has 1 aromatic rings. The number of nitrogens with one attached hydrogen (secondary N) is 1. The van der Waals surface area contributed by atoms with Gasteiger partial charge >= 0.3 is 0 Å². The Morgan fingerprint density at radius 2 is 2.25 bits per heavy atom. The number of amides is 1. The zero-order valence-electron chi connectivity index (χ0n) is 11.6. The third-order valence-electron chi connectivity index (χ3n) is 3.28. The molecule has 1 fully saturated rings. The Morgan fingerprint density at radius 3 is 2.85 bits per heavy atom. The number of benzene rings is 1. The van der Waals surface area contributed by atoms with Crippen LogP contribution in [0.25, 0.3) is 0 Å². The van der Waals surface area contributed by atoms with Crippen LogP contribution in [0.4, 0.5) is 0 Å². The Bertz CT molecular complexity index is 429. The third kappa shape index (κ3) is 4.39. The first kappa shape index (κ1) is 15.1. The van der Waals surface area contributed by atoms with Gasteiger partial charge in [-0.1, -0.05) is 18.5 Å². The van der Waals surface area contributed by atoms with Crippen LogP contribution in [-0.2, 0) is 9.53 Å². The maximum Gasteiger partial charge on any atom is 0.261 e. The summed E-state index contributed by atoms with van der Waals surface area (Å²) in [4.78, 5) is 12.1. The van der Waals surface area contributed by atoms with E-state index < -0.39 is 6.10 Å². The molecule has 0 unspecified atom stereocenters. The standard InChI is InChI=1S/C15H20ClNO3/c1-2-14(20-12-7-5-11(16)6-8-12)15(18)17-10-13-4-3-9-19-13/h5-8,13-14H,2-4,9-10H2,1H3,(H,17,18)/t13-,14+/m0/s1. The molecular formula is C15H20ClNO3. The highest BCUT2D eigenvalue weighted by Gasteiger charge is 2.21. The van der Waals surface area contributed by atoms with Crippen LogP contribution < -0.4 is 10.1 Å². The fraction of sp³-hybridized carbons (Fsp3) is 0.533. The average Bonchev–Trinajstić information content (AvgIpc) is 2.97. The summed E-state index contributed by atoms with van der Waals surface area (Å²) in [7, 11) is 0. The first-order valence-electron chi connectivity index (χ1n) is 7.00. The van der Waals surface area contributed by atoms with Crippen LogP contribution >= 0.6 is 11.6 Å². The second-order valence-electron chi connectivity index (χ2n) is 4.85. The van der Waals surface area contributed by atoms with Crippen LogP contribution in [-0.4, -0.2) is 31.3 Å². The summed E-state index contributed by atoms with van der Waals surface area (Å²) in [6.07, 6.45) is 2.35. The van der Waals surface area contributed by atoms with Crippen molar-refractivity contribution in [1.29, 1.82) is 0 Å². The SMILES string of the molecule is CC[C@@H](Oc1ccc(Cl)cc1)C(=O)NC[C@@H]1CCCO1. The lowest BCUT2D eigenvalue weighted by Crippen LogP contribution is -2.41. The first-order valence-corrected chi connectivity index (χ1v) is 7.38. The van der Waals surface area contributed by atoms with Gasteiger partial charge in [0.15, 0.2) is 6.10 Å². The zero-order chi connectivity index (χ0) is 14.4. The predicted octanol–water partition coefficient (Wildman–Crippen LogP) is 2.79. The van der Waals surface area contributed by atoms with Crippen LogP contribution in [0, 0.1) is 0 Å². The molecule has 0 saturated carbocycles. The Kier molecular flexibility index (Phi) is 5.68. The van der Waals surface area contributed by atoms with E-state index >= 15 is 0 Å². The molecule has 1 N–H and O–H groups in total. The molecule has 1 aliphatic heterocycles. The van der Waals surface area contributed by atoms with Gasteiger partial charge < -0.3 is 14.8 Å². The highest BCUT2D eigenvalue weighted by Crippen LogP contribution is 2.18. The Morgan fingerprint density at radius 1 is 1.50 bits per heavy atom. The maximum absolute atomic E-state index is 12.1. The van der Waals surface area contributed by atoms with E-state index in [1.807, 2.05) is 6.92 Å². The molecule has 1 aromatic carbocycles. The van der Waals surface area contributed by atoms with E-state index in [0.717, 1.165) is 19.4 Å². The summed E-state index contributed by atoms with van der Waals surface area (Å²) in [5.74, 6) is 0.548. The van der Waals surface area contributed by atoms with E-state index in [4.69, 9.17) is 21.1 Å². The molecule has 110 valence electrons. The number of halogens is 1. The summed E-state index contributed by atoms with van der Waals surface area (Å²) in [5, 5.41) is 3.54. The Hall–Kier alpha value is -1.26. The molecule has 1 saturated heterocycles. The molecule has 1 heterocycles. The van der Waals surface area contributed by atoms with Gasteiger partial charge in [-0.15, -0.1) is 0 Å². The Labute approximate surface area is 124 Å². The van der Waals surface area contributed by atoms with E-state index in [0.29, 0.717) is 23.7 Å². The van der Waals surface area contributed by atoms with E-state index in [9.17, 15) is 4.79 Å². The predicted molar refractivity (Wildman–Crippen MR) is 78.1 cm³/mol. The molecule has 0 bridgehead atoms. The number of ether oxygens (including phenoxy) is 2. The van der Waals surface area contributed by atoms with Crippen molar-refractivity contribution in [3.05, 3.63) is 29.3 Å². The van der Waals surface area contributed by atoms with Crippen molar-refractivity contribution in [2.75, 3.05) is 13.2 Å². The van der Waals surface area contributed by atoms with Gasteiger partial charge in [0.1, 0.15) is 5.75 Å². The number of rotatable bonds is 6. The minimum atomic E-state index is -0.488. The molecular weight excluding hydrogens is 278 g/mol. The van der Waals surface area contributed by atoms with Gasteiger partial charge in [0.25, 0.3) is 5.91 Å². The van der Waals surface area contributed by atoms with Crippen molar-refractivity contribution in [2.45, 2.75) is 38.4 Å². The van der Waals surface area contributed by atoms with Crippen molar-refractivity contribution in [3.63, 3.8) is 0 Å².